The summed E-state index contributed by atoms with van der Waals surface area (Å²) < 4.78 is 4.57. The monoisotopic (exact) mass is 263 g/mol. The maximum absolute atomic E-state index is 11.9. The zero-order chi connectivity index (χ0) is 14.4. The van der Waals surface area contributed by atoms with Gasteiger partial charge in [0.2, 0.25) is 5.91 Å². The van der Waals surface area contributed by atoms with E-state index in [2.05, 4.69) is 10.1 Å². The number of Topliss-reactive ketones (excluding diaryl/α,β-unsaturated/α-hetero) is 1. The fraction of sp³-hybridized carbons (Fsp3) is 0.357. The number of carbonyl (C=O) groups is 3. The number of hydrogen-bond acceptors (Lipinski definition) is 4. The molecule has 5 nitrogen and oxygen atoms in total. The van der Waals surface area contributed by atoms with Gasteiger partial charge in [0, 0.05) is 11.3 Å². The van der Waals surface area contributed by atoms with E-state index < -0.39 is 17.8 Å². The molecule has 1 aromatic rings. The molecule has 0 aliphatic rings. The van der Waals surface area contributed by atoms with Crippen LogP contribution in [-0.4, -0.2) is 24.8 Å². The Labute approximate surface area is 111 Å². The van der Waals surface area contributed by atoms with Gasteiger partial charge in [-0.05, 0) is 37.6 Å². The highest BCUT2D eigenvalue weighted by atomic mass is 16.5. The number of benzene rings is 1. The normalized spacial score (nSPS) is 11.5. The SMILES string of the molecule is CCC(C(=O)Nc1ccc(C(C)=O)cc1)C(=O)OC. The van der Waals surface area contributed by atoms with Crippen LogP contribution in [0.25, 0.3) is 0 Å². The first-order valence-corrected chi connectivity index (χ1v) is 5.99. The van der Waals surface area contributed by atoms with Gasteiger partial charge in [-0.15, -0.1) is 0 Å². The molecule has 0 spiro atoms. The summed E-state index contributed by atoms with van der Waals surface area (Å²) in [5.41, 5.74) is 1.11. The molecule has 1 rings (SSSR count). The average molecular weight is 263 g/mol. The van der Waals surface area contributed by atoms with Gasteiger partial charge in [0.1, 0.15) is 5.92 Å². The van der Waals surface area contributed by atoms with Gasteiger partial charge in [0.05, 0.1) is 7.11 Å². The topological polar surface area (TPSA) is 72.5 Å². The highest BCUT2D eigenvalue weighted by molar-refractivity contribution is 6.05. The van der Waals surface area contributed by atoms with Crippen molar-refractivity contribution >= 4 is 23.3 Å². The second-order valence-electron chi connectivity index (χ2n) is 4.11. The third-order valence-corrected chi connectivity index (χ3v) is 2.77. The molecule has 1 unspecified atom stereocenters. The van der Waals surface area contributed by atoms with Crippen LogP contribution >= 0.6 is 0 Å². The van der Waals surface area contributed by atoms with Gasteiger partial charge in [0.15, 0.2) is 5.78 Å². The number of methoxy groups -OCH3 is 1. The zero-order valence-corrected chi connectivity index (χ0v) is 11.2. The zero-order valence-electron chi connectivity index (χ0n) is 11.2. The number of carbonyl (C=O) groups excluding carboxylic acids is 3. The number of anilines is 1. The van der Waals surface area contributed by atoms with Crippen LogP contribution in [0.15, 0.2) is 24.3 Å². The summed E-state index contributed by atoms with van der Waals surface area (Å²) >= 11 is 0. The number of esters is 1. The Hall–Kier alpha value is -2.17. The van der Waals surface area contributed by atoms with Gasteiger partial charge in [-0.2, -0.15) is 0 Å². The molecule has 0 heterocycles. The van der Waals surface area contributed by atoms with E-state index in [4.69, 9.17) is 0 Å². The Morgan fingerprint density at radius 2 is 1.79 bits per heavy atom. The Morgan fingerprint density at radius 1 is 1.21 bits per heavy atom. The van der Waals surface area contributed by atoms with E-state index in [1.54, 1.807) is 31.2 Å². The maximum Gasteiger partial charge on any atom is 0.318 e. The molecule has 1 amide bonds. The third-order valence-electron chi connectivity index (χ3n) is 2.77. The first-order valence-electron chi connectivity index (χ1n) is 5.99. The molecule has 0 aliphatic heterocycles. The molecule has 0 saturated heterocycles. The van der Waals surface area contributed by atoms with Crippen LogP contribution in [0.1, 0.15) is 30.6 Å². The minimum atomic E-state index is -0.822. The van der Waals surface area contributed by atoms with Gasteiger partial charge >= 0.3 is 5.97 Å². The Kier molecular flexibility index (Phi) is 5.23. The van der Waals surface area contributed by atoms with E-state index >= 15 is 0 Å². The van der Waals surface area contributed by atoms with Gasteiger partial charge in [-0.25, -0.2) is 0 Å². The lowest BCUT2D eigenvalue weighted by atomic mass is 10.1. The number of ketones is 1. The van der Waals surface area contributed by atoms with Crippen LogP contribution in [0.4, 0.5) is 5.69 Å². The van der Waals surface area contributed by atoms with Crippen LogP contribution in [0.2, 0.25) is 0 Å². The van der Waals surface area contributed by atoms with Crippen LogP contribution in [-0.2, 0) is 14.3 Å². The summed E-state index contributed by atoms with van der Waals surface area (Å²) in [5, 5.41) is 2.62. The van der Waals surface area contributed by atoms with E-state index in [0.29, 0.717) is 17.7 Å². The lowest BCUT2D eigenvalue weighted by Crippen LogP contribution is -2.30. The molecular weight excluding hydrogens is 246 g/mol. The molecule has 0 aromatic heterocycles. The molecule has 19 heavy (non-hydrogen) atoms. The number of ether oxygens (including phenoxy) is 1. The molecule has 102 valence electrons. The number of rotatable bonds is 5. The highest BCUT2D eigenvalue weighted by Gasteiger charge is 2.25. The minimum absolute atomic E-state index is 0.0427. The second-order valence-corrected chi connectivity index (χ2v) is 4.11. The molecule has 0 saturated carbocycles. The first kappa shape index (κ1) is 14.9. The summed E-state index contributed by atoms with van der Waals surface area (Å²) in [6, 6.07) is 6.49. The number of nitrogens with one attached hydrogen (secondary N) is 1. The van der Waals surface area contributed by atoms with Crippen molar-refractivity contribution in [1.29, 1.82) is 0 Å². The second kappa shape index (κ2) is 6.68. The number of amides is 1. The largest absolute Gasteiger partial charge is 0.468 e. The van der Waals surface area contributed by atoms with Crippen LogP contribution in [0, 0.1) is 5.92 Å². The lowest BCUT2D eigenvalue weighted by Gasteiger charge is -2.12. The summed E-state index contributed by atoms with van der Waals surface area (Å²) in [6.45, 7) is 3.21. The predicted octanol–water partition coefficient (Wildman–Crippen LogP) is 2.03. The van der Waals surface area contributed by atoms with Crippen LogP contribution in [0.5, 0.6) is 0 Å². The molecule has 0 aliphatic carbocycles. The number of hydrogen-bond donors (Lipinski definition) is 1. The van der Waals surface area contributed by atoms with Gasteiger partial charge in [-0.1, -0.05) is 6.92 Å². The summed E-state index contributed by atoms with van der Waals surface area (Å²) in [5.74, 6) is -1.83. The Bertz CT molecular complexity index is 479. The van der Waals surface area contributed by atoms with E-state index in [9.17, 15) is 14.4 Å². The van der Waals surface area contributed by atoms with Crippen LogP contribution in [0.3, 0.4) is 0 Å². The lowest BCUT2D eigenvalue weighted by molar-refractivity contribution is -0.148. The van der Waals surface area contributed by atoms with Crippen molar-refractivity contribution in [2.75, 3.05) is 12.4 Å². The van der Waals surface area contributed by atoms with Crippen LogP contribution < -0.4 is 5.32 Å². The van der Waals surface area contributed by atoms with Crippen molar-refractivity contribution in [2.24, 2.45) is 5.92 Å². The van der Waals surface area contributed by atoms with Crippen molar-refractivity contribution in [3.8, 4) is 0 Å². The van der Waals surface area contributed by atoms with Crippen molar-refractivity contribution in [1.82, 2.24) is 0 Å². The first-order chi connectivity index (χ1) is 8.99. The fourth-order valence-corrected chi connectivity index (χ4v) is 1.62. The Morgan fingerprint density at radius 3 is 2.21 bits per heavy atom. The van der Waals surface area contributed by atoms with Gasteiger partial charge in [0.25, 0.3) is 0 Å². The Balaban J connectivity index is 2.75. The minimum Gasteiger partial charge on any atom is -0.468 e. The molecule has 1 aromatic carbocycles. The average Bonchev–Trinajstić information content (AvgIpc) is 2.39. The van der Waals surface area contributed by atoms with E-state index in [-0.39, 0.29) is 5.78 Å². The van der Waals surface area contributed by atoms with E-state index in [1.165, 1.54) is 14.0 Å². The van der Waals surface area contributed by atoms with Crippen molar-refractivity contribution in [3.05, 3.63) is 29.8 Å². The van der Waals surface area contributed by atoms with E-state index in [0.717, 1.165) is 0 Å². The van der Waals surface area contributed by atoms with Crippen molar-refractivity contribution in [2.45, 2.75) is 20.3 Å². The molecule has 0 bridgehead atoms. The summed E-state index contributed by atoms with van der Waals surface area (Å²) in [4.78, 5) is 34.4. The molecule has 5 heteroatoms. The quantitative estimate of drug-likeness (QED) is 0.501. The summed E-state index contributed by atoms with van der Waals surface area (Å²) in [6.07, 6.45) is 0.365. The van der Waals surface area contributed by atoms with E-state index in [1.807, 2.05) is 0 Å². The molecule has 0 fully saturated rings. The summed E-state index contributed by atoms with van der Waals surface area (Å²) in [7, 11) is 1.25. The molecular formula is C14H17NO4. The highest BCUT2D eigenvalue weighted by Crippen LogP contribution is 2.13. The molecule has 1 atom stereocenters. The molecule has 0 radical (unpaired) electrons. The van der Waals surface area contributed by atoms with Gasteiger partial charge in [-0.3, -0.25) is 14.4 Å². The standard InChI is InChI=1S/C14H17NO4/c1-4-12(14(18)19-3)13(17)15-11-7-5-10(6-8-11)9(2)16/h5-8,12H,4H2,1-3H3,(H,15,17). The third kappa shape index (κ3) is 3.91. The fourth-order valence-electron chi connectivity index (χ4n) is 1.62. The maximum atomic E-state index is 11.9. The predicted molar refractivity (Wildman–Crippen MR) is 70.9 cm³/mol. The smallest absolute Gasteiger partial charge is 0.318 e. The molecule has 1 N–H and O–H groups in total. The van der Waals surface area contributed by atoms with Crippen molar-refractivity contribution < 1.29 is 19.1 Å². The van der Waals surface area contributed by atoms with Gasteiger partial charge < -0.3 is 10.1 Å². The van der Waals surface area contributed by atoms with Crippen molar-refractivity contribution in [3.63, 3.8) is 0 Å².